The Balaban J connectivity index is 1.25. The Bertz CT molecular complexity index is 712. The third-order valence-electron chi connectivity index (χ3n) is 9.49. The van der Waals surface area contributed by atoms with Crippen LogP contribution in [0.25, 0.3) is 0 Å². The normalized spacial score (nSPS) is 41.6. The van der Waals surface area contributed by atoms with Crippen LogP contribution in [0.15, 0.2) is 0 Å². The lowest BCUT2D eigenvalue weighted by atomic mass is 9.66. The van der Waals surface area contributed by atoms with Crippen LogP contribution in [0.4, 0.5) is 0 Å². The molecule has 0 aromatic heterocycles. The van der Waals surface area contributed by atoms with Gasteiger partial charge in [-0.15, -0.1) is 0 Å². The summed E-state index contributed by atoms with van der Waals surface area (Å²) in [6.45, 7) is 8.18. The van der Waals surface area contributed by atoms with Crippen LogP contribution in [-0.4, -0.2) is 60.1 Å². The van der Waals surface area contributed by atoms with Gasteiger partial charge < -0.3 is 20.3 Å². The molecule has 3 heterocycles. The van der Waals surface area contributed by atoms with Gasteiger partial charge in [0.2, 0.25) is 11.8 Å². The summed E-state index contributed by atoms with van der Waals surface area (Å²) in [4.78, 5) is 28.6. The van der Waals surface area contributed by atoms with Crippen molar-refractivity contribution in [1.29, 1.82) is 0 Å². The number of amides is 2. The molecule has 180 valence electrons. The molecule has 0 spiro atoms. The van der Waals surface area contributed by atoms with Gasteiger partial charge in [0, 0.05) is 30.8 Å². The fourth-order valence-electron chi connectivity index (χ4n) is 8.07. The molecule has 3 aliphatic heterocycles. The summed E-state index contributed by atoms with van der Waals surface area (Å²) in [5.41, 5.74) is 0. The zero-order valence-corrected chi connectivity index (χ0v) is 20.3. The largest absolute Gasteiger partial charge is 0.365 e. The van der Waals surface area contributed by atoms with E-state index >= 15 is 0 Å². The molecule has 32 heavy (non-hydrogen) atoms. The van der Waals surface area contributed by atoms with E-state index < -0.39 is 6.10 Å². The molecule has 2 saturated carbocycles. The number of piperidine rings is 2. The molecule has 5 aliphatic rings. The Kier molecular flexibility index (Phi) is 6.54. The molecule has 8 unspecified atom stereocenters. The zero-order chi connectivity index (χ0) is 22.4. The highest BCUT2D eigenvalue weighted by atomic mass is 16.5. The first-order valence-corrected chi connectivity index (χ1v) is 13.5. The monoisotopic (exact) mass is 446 g/mol. The second-order valence-electron chi connectivity index (χ2n) is 11.8. The van der Waals surface area contributed by atoms with E-state index in [1.165, 1.54) is 32.2 Å². The van der Waals surface area contributed by atoms with Gasteiger partial charge in [0.05, 0.1) is 18.7 Å². The Hall–Kier alpha value is -1.14. The first-order valence-electron chi connectivity index (χ1n) is 13.5. The van der Waals surface area contributed by atoms with Crippen molar-refractivity contribution in [3.05, 3.63) is 0 Å². The van der Waals surface area contributed by atoms with Crippen molar-refractivity contribution in [2.24, 2.45) is 29.6 Å². The van der Waals surface area contributed by atoms with E-state index in [2.05, 4.69) is 29.4 Å². The lowest BCUT2D eigenvalue weighted by Crippen LogP contribution is -2.98. The summed E-state index contributed by atoms with van der Waals surface area (Å²) in [6.07, 6.45) is 9.87. The van der Waals surface area contributed by atoms with Crippen LogP contribution in [0, 0.1) is 29.6 Å². The van der Waals surface area contributed by atoms with Crippen molar-refractivity contribution in [3.8, 4) is 0 Å². The van der Waals surface area contributed by atoms with Crippen molar-refractivity contribution in [2.45, 2.75) is 109 Å². The molecule has 6 heteroatoms. The Morgan fingerprint density at radius 1 is 1.09 bits per heavy atom. The number of nitrogens with one attached hydrogen (secondary N) is 1. The van der Waals surface area contributed by atoms with Crippen LogP contribution in [0.1, 0.15) is 78.6 Å². The maximum atomic E-state index is 13.7. The molecular formula is C26H44N3O3+. The Morgan fingerprint density at radius 3 is 2.72 bits per heavy atom. The third kappa shape index (κ3) is 4.00. The van der Waals surface area contributed by atoms with Crippen LogP contribution in [0.5, 0.6) is 0 Å². The molecule has 3 N–H and O–H groups in total. The van der Waals surface area contributed by atoms with Gasteiger partial charge >= 0.3 is 0 Å². The molecule has 0 aromatic rings. The molecule has 0 bridgehead atoms. The Labute approximate surface area is 193 Å². The van der Waals surface area contributed by atoms with Crippen LogP contribution in [-0.2, 0) is 14.3 Å². The van der Waals surface area contributed by atoms with Crippen LogP contribution in [0.2, 0.25) is 0 Å². The lowest BCUT2D eigenvalue weighted by Gasteiger charge is -2.50. The number of carbonyl (C=O) groups is 2. The number of fused-ring (bicyclic) bond motifs is 5. The van der Waals surface area contributed by atoms with Crippen LogP contribution >= 0.6 is 0 Å². The first kappa shape index (κ1) is 22.6. The summed E-state index contributed by atoms with van der Waals surface area (Å²) in [7, 11) is 0. The van der Waals surface area contributed by atoms with Crippen molar-refractivity contribution in [2.75, 3.05) is 13.1 Å². The summed E-state index contributed by atoms with van der Waals surface area (Å²) in [5.74, 6) is 3.15. The summed E-state index contributed by atoms with van der Waals surface area (Å²) in [6, 6.07) is 1.47. The van der Waals surface area contributed by atoms with Gasteiger partial charge in [-0.05, 0) is 63.2 Å². The standard InChI is InChI=1S/C26H43N3O3/c1-15(2)10-12-28-25(30)16(3)32-17-8-9-22-21(14-17)19-11-13-27-23-18-6-4-5-7-20(18)26(31)29(22)24(19)23/h15-24,27H,4-14H2,1-3H3,(H,28,30)/p+1/t16-,17?,18?,19?,20?,21?,22?,23?,24?/m0/s1. The predicted molar refractivity (Wildman–Crippen MR) is 123 cm³/mol. The SMILES string of the molecule is CC(C)CCNC(=O)[C@H](C)OC1CCC2C(C1)C1CC[NH2+]C3C4CCCCC4C(=O)N2C13. The van der Waals surface area contributed by atoms with Crippen molar-refractivity contribution >= 4 is 11.8 Å². The summed E-state index contributed by atoms with van der Waals surface area (Å²) >= 11 is 0. The van der Waals surface area contributed by atoms with Crippen molar-refractivity contribution in [1.82, 2.24) is 10.2 Å². The fourth-order valence-corrected chi connectivity index (χ4v) is 8.07. The van der Waals surface area contributed by atoms with Gasteiger partial charge in [-0.25, -0.2) is 0 Å². The molecule has 5 rings (SSSR count). The van der Waals surface area contributed by atoms with Gasteiger partial charge in [0.15, 0.2) is 0 Å². The number of carbonyl (C=O) groups excluding carboxylic acids is 2. The number of nitrogens with two attached hydrogens (primary N) is 1. The van der Waals surface area contributed by atoms with Gasteiger partial charge in [0.25, 0.3) is 0 Å². The van der Waals surface area contributed by atoms with E-state index in [1.807, 2.05) is 6.92 Å². The van der Waals surface area contributed by atoms with E-state index in [0.29, 0.717) is 47.7 Å². The van der Waals surface area contributed by atoms with Gasteiger partial charge in [-0.1, -0.05) is 26.7 Å². The topological polar surface area (TPSA) is 75.2 Å². The minimum atomic E-state index is -0.398. The zero-order valence-electron chi connectivity index (χ0n) is 20.3. The average Bonchev–Trinajstić information content (AvgIpc) is 3.12. The molecule has 2 amide bonds. The minimum absolute atomic E-state index is 0.0169. The summed E-state index contributed by atoms with van der Waals surface area (Å²) in [5, 5.41) is 5.63. The molecule has 5 fully saturated rings. The molecule has 3 saturated heterocycles. The van der Waals surface area contributed by atoms with Gasteiger partial charge in [0.1, 0.15) is 12.1 Å². The number of ether oxygens (including phenoxy) is 1. The maximum absolute atomic E-state index is 13.7. The minimum Gasteiger partial charge on any atom is -0.365 e. The number of hydrogen-bond donors (Lipinski definition) is 2. The number of quaternary nitrogens is 1. The average molecular weight is 447 g/mol. The van der Waals surface area contributed by atoms with E-state index in [-0.39, 0.29) is 17.9 Å². The van der Waals surface area contributed by atoms with Gasteiger partial charge in [-0.3, -0.25) is 9.59 Å². The van der Waals surface area contributed by atoms with Crippen molar-refractivity contribution in [3.63, 3.8) is 0 Å². The van der Waals surface area contributed by atoms with E-state index in [0.717, 1.165) is 38.6 Å². The highest BCUT2D eigenvalue weighted by Crippen LogP contribution is 2.52. The van der Waals surface area contributed by atoms with Crippen LogP contribution in [0.3, 0.4) is 0 Å². The predicted octanol–water partition coefficient (Wildman–Crippen LogP) is 2.07. The van der Waals surface area contributed by atoms with Crippen LogP contribution < -0.4 is 10.6 Å². The smallest absolute Gasteiger partial charge is 0.248 e. The molecule has 9 atom stereocenters. The van der Waals surface area contributed by atoms with Crippen molar-refractivity contribution < 1.29 is 19.6 Å². The maximum Gasteiger partial charge on any atom is 0.248 e. The highest BCUT2D eigenvalue weighted by Gasteiger charge is 2.63. The Morgan fingerprint density at radius 2 is 1.91 bits per heavy atom. The van der Waals surface area contributed by atoms with E-state index in [4.69, 9.17) is 4.74 Å². The third-order valence-corrected chi connectivity index (χ3v) is 9.49. The van der Waals surface area contributed by atoms with E-state index in [9.17, 15) is 9.59 Å². The second-order valence-corrected chi connectivity index (χ2v) is 11.8. The molecule has 0 radical (unpaired) electrons. The molecule has 6 nitrogen and oxygen atoms in total. The molecular weight excluding hydrogens is 402 g/mol. The van der Waals surface area contributed by atoms with Gasteiger partial charge in [-0.2, -0.15) is 0 Å². The second kappa shape index (κ2) is 9.25. The highest BCUT2D eigenvalue weighted by molar-refractivity contribution is 5.82. The van der Waals surface area contributed by atoms with E-state index in [1.54, 1.807) is 0 Å². The molecule has 0 aromatic carbocycles. The quantitative estimate of drug-likeness (QED) is 0.656. The molecule has 2 aliphatic carbocycles. The summed E-state index contributed by atoms with van der Waals surface area (Å²) < 4.78 is 6.31. The number of rotatable bonds is 6. The fraction of sp³-hybridized carbons (Fsp3) is 0.923. The number of hydrogen-bond acceptors (Lipinski definition) is 3. The number of nitrogens with zero attached hydrogens (tertiary/aromatic N) is 1. The lowest BCUT2D eigenvalue weighted by molar-refractivity contribution is -0.713. The first-order chi connectivity index (χ1) is 15.5.